The molecule has 0 rings (SSSR count). The zero-order chi connectivity index (χ0) is 34.0. The highest BCUT2D eigenvalue weighted by atomic mass is 32.2. The third kappa shape index (κ3) is 22.6. The SMILES string of the molecule is CCOCC(=O)NCCOCCOCC(=O)NCCCC[C@H](CC)C(=O)CN[C@@H](CCS(C)=O)C(=O)NN[C@H](C(N)=O)[C@@H](C)O. The highest BCUT2D eigenvalue weighted by Gasteiger charge is 2.25. The summed E-state index contributed by atoms with van der Waals surface area (Å²) in [5.74, 6) is -2.00. The first-order chi connectivity index (χ1) is 21.4. The summed E-state index contributed by atoms with van der Waals surface area (Å²) in [7, 11) is -1.17. The molecule has 45 heavy (non-hydrogen) atoms. The van der Waals surface area contributed by atoms with Crippen LogP contribution in [0.25, 0.3) is 0 Å². The second-order valence-electron chi connectivity index (χ2n) is 10.3. The van der Waals surface area contributed by atoms with Crippen molar-refractivity contribution < 1.29 is 47.5 Å². The summed E-state index contributed by atoms with van der Waals surface area (Å²) in [6, 6.07) is -2.07. The van der Waals surface area contributed by atoms with Crippen molar-refractivity contribution in [1.82, 2.24) is 26.8 Å². The number of carbonyl (C=O) groups excluding carboxylic acids is 5. The van der Waals surface area contributed by atoms with Crippen LogP contribution in [0.2, 0.25) is 0 Å². The number of hydrogen-bond acceptors (Lipinski definition) is 12. The lowest BCUT2D eigenvalue weighted by molar-refractivity contribution is -0.128. The molecule has 4 amide bonds. The van der Waals surface area contributed by atoms with Gasteiger partial charge in [-0.15, -0.1) is 0 Å². The summed E-state index contributed by atoms with van der Waals surface area (Å²) in [4.78, 5) is 60.3. The molecule has 262 valence electrons. The van der Waals surface area contributed by atoms with Crippen LogP contribution in [-0.2, 0) is 49.0 Å². The summed E-state index contributed by atoms with van der Waals surface area (Å²) in [6.45, 7) is 7.00. The highest BCUT2D eigenvalue weighted by Crippen LogP contribution is 2.13. The van der Waals surface area contributed by atoms with Gasteiger partial charge in [-0.05, 0) is 39.5 Å². The van der Waals surface area contributed by atoms with Gasteiger partial charge in [0.2, 0.25) is 17.7 Å². The monoisotopic (exact) mass is 666 g/mol. The molecule has 0 radical (unpaired) electrons. The number of Topliss-reactive ketones (excluding diaryl/α,β-unsaturated/α-hetero) is 1. The number of aliphatic hydroxyl groups is 1. The minimum atomic E-state index is -1.21. The second-order valence-corrected chi connectivity index (χ2v) is 11.9. The lowest BCUT2D eigenvalue weighted by Gasteiger charge is -2.23. The molecule has 0 aromatic carbocycles. The van der Waals surface area contributed by atoms with Gasteiger partial charge < -0.3 is 35.7 Å². The molecular weight excluding hydrogens is 612 g/mol. The number of nitrogens with two attached hydrogens (primary N) is 1. The van der Waals surface area contributed by atoms with Gasteiger partial charge in [0.05, 0.1) is 38.5 Å². The van der Waals surface area contributed by atoms with Gasteiger partial charge >= 0.3 is 0 Å². The average Bonchev–Trinajstić information content (AvgIpc) is 2.98. The quantitative estimate of drug-likeness (QED) is 0.0328. The summed E-state index contributed by atoms with van der Waals surface area (Å²) in [5, 5.41) is 18.0. The Labute approximate surface area is 268 Å². The standard InChI is InChI=1S/C28H54N6O10S/c1-5-21(9-7-8-11-30-25(38)19-44-15-14-43-13-12-31-24(37)18-42-6-2)23(36)17-32-22(10-16-45(4)41)28(40)34-33-26(20(3)35)27(29)39/h20-22,26,32-33,35H,5-19H2,1-4H3,(H2,29,39)(H,30,38)(H,31,37)(H,34,40)/t20-,21+,22+,26+,45?/m1/s1. The number of primary amides is 1. The fourth-order valence-corrected chi connectivity index (χ4v) is 4.49. The summed E-state index contributed by atoms with van der Waals surface area (Å²) in [6.07, 6.45) is 3.13. The Morgan fingerprint density at radius 1 is 0.889 bits per heavy atom. The van der Waals surface area contributed by atoms with Crippen molar-refractivity contribution in [2.24, 2.45) is 11.7 Å². The number of ether oxygens (including phenoxy) is 3. The lowest BCUT2D eigenvalue weighted by atomic mass is 9.94. The zero-order valence-electron chi connectivity index (χ0n) is 27.0. The Balaban J connectivity index is 4.29. The molecule has 0 heterocycles. The number of unbranched alkanes of at least 4 members (excludes halogenated alkanes) is 1. The Hall–Kier alpha value is -2.54. The van der Waals surface area contributed by atoms with Crippen molar-refractivity contribution in [3.05, 3.63) is 0 Å². The maximum Gasteiger partial charge on any atom is 0.251 e. The van der Waals surface area contributed by atoms with Gasteiger partial charge in [-0.1, -0.05) is 13.3 Å². The predicted molar refractivity (Wildman–Crippen MR) is 168 cm³/mol. The van der Waals surface area contributed by atoms with E-state index in [-0.39, 0.29) is 68.7 Å². The smallest absolute Gasteiger partial charge is 0.251 e. The van der Waals surface area contributed by atoms with E-state index in [1.165, 1.54) is 13.2 Å². The summed E-state index contributed by atoms with van der Waals surface area (Å²) >= 11 is 0. The molecule has 0 fully saturated rings. The van der Waals surface area contributed by atoms with Crippen molar-refractivity contribution in [3.63, 3.8) is 0 Å². The molecule has 1 unspecified atom stereocenters. The van der Waals surface area contributed by atoms with Crippen molar-refractivity contribution in [1.29, 1.82) is 0 Å². The molecule has 0 saturated carbocycles. The third-order valence-corrected chi connectivity index (χ3v) is 7.34. The number of hydrogen-bond donors (Lipinski definition) is 7. The first-order valence-electron chi connectivity index (χ1n) is 15.3. The van der Waals surface area contributed by atoms with E-state index < -0.39 is 40.8 Å². The van der Waals surface area contributed by atoms with Gasteiger partial charge in [-0.25, -0.2) is 5.43 Å². The van der Waals surface area contributed by atoms with Crippen molar-refractivity contribution in [2.75, 3.05) is 71.3 Å². The van der Waals surface area contributed by atoms with Crippen LogP contribution < -0.4 is 32.5 Å². The molecule has 0 saturated heterocycles. The lowest BCUT2D eigenvalue weighted by Crippen LogP contribution is -2.58. The van der Waals surface area contributed by atoms with Crippen LogP contribution in [-0.4, -0.2) is 128 Å². The number of amides is 4. The molecular formula is C28H54N6O10S. The first-order valence-corrected chi connectivity index (χ1v) is 17.0. The number of carbonyl (C=O) groups is 5. The predicted octanol–water partition coefficient (Wildman–Crippen LogP) is -2.36. The van der Waals surface area contributed by atoms with Crippen molar-refractivity contribution >= 4 is 40.2 Å². The Morgan fingerprint density at radius 2 is 1.53 bits per heavy atom. The van der Waals surface area contributed by atoms with Crippen LogP contribution in [0.1, 0.15) is 52.9 Å². The van der Waals surface area contributed by atoms with Crippen molar-refractivity contribution in [3.8, 4) is 0 Å². The summed E-state index contributed by atoms with van der Waals surface area (Å²) in [5.41, 5.74) is 9.97. The average molecular weight is 667 g/mol. The largest absolute Gasteiger partial charge is 0.391 e. The van der Waals surface area contributed by atoms with Gasteiger partial charge in [-0.2, -0.15) is 0 Å². The van der Waals surface area contributed by atoms with E-state index in [0.29, 0.717) is 52.0 Å². The van der Waals surface area contributed by atoms with Crippen LogP contribution >= 0.6 is 0 Å². The number of aliphatic hydroxyl groups excluding tert-OH is 1. The van der Waals surface area contributed by atoms with Crippen LogP contribution in [0, 0.1) is 5.92 Å². The molecule has 17 heteroatoms. The van der Waals surface area contributed by atoms with E-state index in [1.807, 2.05) is 13.8 Å². The maximum atomic E-state index is 12.9. The van der Waals surface area contributed by atoms with E-state index in [0.717, 1.165) is 0 Å². The third-order valence-electron chi connectivity index (χ3n) is 6.53. The molecule has 0 spiro atoms. The van der Waals surface area contributed by atoms with E-state index in [2.05, 4.69) is 26.8 Å². The molecule has 8 N–H and O–H groups in total. The van der Waals surface area contributed by atoms with E-state index >= 15 is 0 Å². The van der Waals surface area contributed by atoms with Gasteiger partial charge in [0.25, 0.3) is 5.91 Å². The molecule has 5 atom stereocenters. The molecule has 0 bridgehead atoms. The van der Waals surface area contributed by atoms with Gasteiger partial charge in [0, 0.05) is 48.4 Å². The van der Waals surface area contributed by atoms with E-state index in [9.17, 15) is 33.3 Å². The molecule has 0 aliphatic heterocycles. The van der Waals surface area contributed by atoms with Crippen molar-refractivity contribution in [2.45, 2.75) is 71.1 Å². The van der Waals surface area contributed by atoms with Gasteiger partial charge in [-0.3, -0.25) is 38.9 Å². The van der Waals surface area contributed by atoms with E-state index in [1.54, 1.807) is 0 Å². The first kappa shape index (κ1) is 42.5. The fourth-order valence-electron chi connectivity index (χ4n) is 3.92. The minimum absolute atomic E-state index is 0.0184. The Bertz CT molecular complexity index is 911. The van der Waals surface area contributed by atoms with E-state index in [4.69, 9.17) is 19.9 Å². The molecule has 0 aromatic rings. The maximum absolute atomic E-state index is 12.9. The Morgan fingerprint density at radius 3 is 2.13 bits per heavy atom. The molecule has 0 aliphatic carbocycles. The number of rotatable bonds is 29. The Kier molecular flexibility index (Phi) is 25.2. The number of nitrogens with one attached hydrogen (secondary N) is 5. The number of ketones is 1. The second kappa shape index (κ2) is 26.7. The topological polar surface area (TPSA) is 237 Å². The van der Waals surface area contributed by atoms with Gasteiger partial charge in [0.1, 0.15) is 25.0 Å². The van der Waals surface area contributed by atoms with Gasteiger partial charge in [0.15, 0.2) is 0 Å². The molecule has 0 aliphatic rings. The fraction of sp³-hybridized carbons (Fsp3) is 0.821. The molecule has 16 nitrogen and oxygen atoms in total. The minimum Gasteiger partial charge on any atom is -0.391 e. The zero-order valence-corrected chi connectivity index (χ0v) is 27.8. The van der Waals surface area contributed by atoms with Crippen LogP contribution in [0.4, 0.5) is 0 Å². The normalized spacial score (nSPS) is 14.5. The van der Waals surface area contributed by atoms with Crippen LogP contribution in [0.3, 0.4) is 0 Å². The number of hydrazine groups is 1. The van der Waals surface area contributed by atoms with Crippen LogP contribution in [0.15, 0.2) is 0 Å². The summed E-state index contributed by atoms with van der Waals surface area (Å²) < 4.78 is 27.2. The van der Waals surface area contributed by atoms with Crippen LogP contribution in [0.5, 0.6) is 0 Å². The molecule has 0 aromatic heterocycles. The highest BCUT2D eigenvalue weighted by molar-refractivity contribution is 7.84.